The van der Waals surface area contributed by atoms with Crippen LogP contribution < -0.4 is 9.80 Å². The number of hydrogen-bond acceptors (Lipinski definition) is 6. The third-order valence-corrected chi connectivity index (χ3v) is 12.9. The second kappa shape index (κ2) is 11.9. The van der Waals surface area contributed by atoms with Crippen molar-refractivity contribution < 1.29 is 33.1 Å². The van der Waals surface area contributed by atoms with Gasteiger partial charge in [0.15, 0.2) is 5.60 Å². The molecular weight excluding hydrogens is 617 g/mol. The summed E-state index contributed by atoms with van der Waals surface area (Å²) < 4.78 is 28.2. The van der Waals surface area contributed by atoms with Crippen LogP contribution in [0.15, 0.2) is 72.8 Å². The number of rotatable bonds is 7. The Labute approximate surface area is 275 Å². The third kappa shape index (κ3) is 5.24. The molecule has 0 aliphatic carbocycles. The van der Waals surface area contributed by atoms with Gasteiger partial charge in [-0.1, -0.05) is 61.5 Å². The van der Waals surface area contributed by atoms with Crippen LogP contribution in [0.1, 0.15) is 35.6 Å². The van der Waals surface area contributed by atoms with Crippen LogP contribution in [0.3, 0.4) is 0 Å². The molecule has 3 aromatic rings. The molecule has 1 spiro atoms. The van der Waals surface area contributed by atoms with Crippen LogP contribution in [0.5, 0.6) is 0 Å². The first kappa shape index (κ1) is 31.5. The minimum Gasteiger partial charge on any atom is -0.447 e. The van der Waals surface area contributed by atoms with Gasteiger partial charge in [0.1, 0.15) is 6.61 Å². The highest BCUT2D eigenvalue weighted by Gasteiger charge is 2.67. The summed E-state index contributed by atoms with van der Waals surface area (Å²) in [6, 6.07) is 22.5. The van der Waals surface area contributed by atoms with Crippen molar-refractivity contribution in [1.29, 1.82) is 0 Å². The molecule has 2 fully saturated rings. The largest absolute Gasteiger partial charge is 0.447 e. The first-order valence-electron chi connectivity index (χ1n) is 16.3. The van der Waals surface area contributed by atoms with Crippen LogP contribution in [0.25, 0.3) is 0 Å². The van der Waals surface area contributed by atoms with E-state index in [1.165, 1.54) is 0 Å². The molecule has 0 aromatic heterocycles. The van der Waals surface area contributed by atoms with Crippen LogP contribution >= 0.6 is 0 Å². The summed E-state index contributed by atoms with van der Waals surface area (Å²) in [6.45, 7) is 6.42. The summed E-state index contributed by atoms with van der Waals surface area (Å²) in [5.74, 6) is -1.00. The smallest absolute Gasteiger partial charge is 0.414 e. The molecule has 0 saturated carbocycles. The summed E-state index contributed by atoms with van der Waals surface area (Å²) in [6.07, 6.45) is -0.723. The van der Waals surface area contributed by atoms with Crippen molar-refractivity contribution in [3.63, 3.8) is 0 Å². The number of aliphatic hydroxyl groups is 1. The first-order chi connectivity index (χ1) is 22.5. The van der Waals surface area contributed by atoms with Gasteiger partial charge in [-0.3, -0.25) is 14.5 Å². The summed E-state index contributed by atoms with van der Waals surface area (Å²) in [5, 5.41) is 10.2. The molecule has 0 bridgehead atoms. The van der Waals surface area contributed by atoms with E-state index in [2.05, 4.69) is 0 Å². The van der Waals surface area contributed by atoms with Crippen molar-refractivity contribution in [2.24, 2.45) is 5.92 Å². The number of carbonyl (C=O) groups is 3. The number of ether oxygens (including phenoxy) is 2. The number of hydrogen-bond donors (Lipinski definition) is 1. The topological polar surface area (TPSA) is 99.6 Å². The Morgan fingerprint density at radius 3 is 2.40 bits per heavy atom. The summed E-state index contributed by atoms with van der Waals surface area (Å²) in [4.78, 5) is 45.6. The Kier molecular flexibility index (Phi) is 7.97. The normalized spacial score (nSPS) is 27.0. The maximum Gasteiger partial charge on any atom is 0.414 e. The zero-order valence-corrected chi connectivity index (χ0v) is 27.9. The number of para-hydroxylation sites is 1. The van der Waals surface area contributed by atoms with Gasteiger partial charge < -0.3 is 28.5 Å². The van der Waals surface area contributed by atoms with Crippen LogP contribution in [0.2, 0.25) is 18.6 Å². The fourth-order valence-corrected chi connectivity index (χ4v) is 10.8. The van der Waals surface area contributed by atoms with E-state index in [1.54, 1.807) is 27.8 Å². The van der Waals surface area contributed by atoms with E-state index < -0.39 is 31.6 Å². The molecule has 246 valence electrons. The molecule has 3 aromatic carbocycles. The van der Waals surface area contributed by atoms with Crippen molar-refractivity contribution >= 4 is 37.7 Å². The second-order valence-corrected chi connectivity index (χ2v) is 17.4. The SMILES string of the molecule is C[C@@H]1[C@@H]([Si](C)(C)F)[C@H](CC(=O)N2Cc3ccccc3C[C@H]2CO)O[C@@]12C(=O)N(Cc1ccc(N3CCOC3=O)cc1)c1ccccc12. The van der Waals surface area contributed by atoms with Crippen LogP contribution in [-0.4, -0.2) is 68.2 Å². The highest BCUT2D eigenvalue weighted by atomic mass is 28.4. The average molecular weight is 658 g/mol. The number of aliphatic hydroxyl groups excluding tert-OH is 1. The Balaban J connectivity index is 1.18. The van der Waals surface area contributed by atoms with Crippen LogP contribution in [-0.2, 0) is 44.2 Å². The molecule has 2 saturated heterocycles. The lowest BCUT2D eigenvalue weighted by Gasteiger charge is -2.37. The molecule has 5 atom stereocenters. The predicted molar refractivity (Wildman–Crippen MR) is 177 cm³/mol. The number of anilines is 2. The lowest BCUT2D eigenvalue weighted by molar-refractivity contribution is -0.151. The van der Waals surface area contributed by atoms with E-state index in [0.29, 0.717) is 37.4 Å². The lowest BCUT2D eigenvalue weighted by atomic mass is 9.82. The summed E-state index contributed by atoms with van der Waals surface area (Å²) in [5.41, 5.74) is 3.05. The fourth-order valence-electron chi connectivity index (χ4n) is 8.28. The number of benzene rings is 3. The molecule has 4 aliphatic heterocycles. The minimum atomic E-state index is -3.47. The number of halogens is 1. The van der Waals surface area contributed by atoms with E-state index in [9.17, 15) is 19.5 Å². The first-order valence-corrected chi connectivity index (χ1v) is 19.3. The molecule has 0 unspecified atom stereocenters. The molecule has 11 heteroatoms. The Bertz CT molecular complexity index is 1710. The quantitative estimate of drug-likeness (QED) is 0.274. The minimum absolute atomic E-state index is 0.0778. The molecular formula is C36H40FN3O6Si. The molecule has 3 amide bonds. The van der Waals surface area contributed by atoms with Gasteiger partial charge in [-0.05, 0) is 54.4 Å². The van der Waals surface area contributed by atoms with E-state index in [-0.39, 0.29) is 43.5 Å². The Morgan fingerprint density at radius 2 is 1.72 bits per heavy atom. The van der Waals surface area contributed by atoms with Crippen molar-refractivity contribution in [3.8, 4) is 0 Å². The fraction of sp³-hybridized carbons (Fsp3) is 0.417. The second-order valence-electron chi connectivity index (χ2n) is 13.6. The molecule has 0 radical (unpaired) electrons. The van der Waals surface area contributed by atoms with Gasteiger partial charge in [0, 0.05) is 29.3 Å². The van der Waals surface area contributed by atoms with Crippen molar-refractivity contribution in [2.75, 3.05) is 29.6 Å². The maximum atomic E-state index is 16.3. The van der Waals surface area contributed by atoms with Crippen LogP contribution in [0, 0.1) is 5.92 Å². The predicted octanol–water partition coefficient (Wildman–Crippen LogP) is 5.30. The lowest BCUT2D eigenvalue weighted by Crippen LogP contribution is -2.48. The zero-order valence-electron chi connectivity index (χ0n) is 26.9. The number of cyclic esters (lactones) is 1. The number of fused-ring (bicyclic) bond motifs is 3. The number of carbonyl (C=O) groups excluding carboxylic acids is 3. The van der Waals surface area contributed by atoms with E-state index in [4.69, 9.17) is 9.47 Å². The van der Waals surface area contributed by atoms with Gasteiger partial charge in [0.05, 0.1) is 44.0 Å². The van der Waals surface area contributed by atoms with Gasteiger partial charge in [0.2, 0.25) is 14.3 Å². The Hall–Kier alpha value is -4.06. The third-order valence-electron chi connectivity index (χ3n) is 10.5. The van der Waals surface area contributed by atoms with E-state index in [0.717, 1.165) is 22.4 Å². The highest BCUT2D eigenvalue weighted by Crippen LogP contribution is 2.60. The highest BCUT2D eigenvalue weighted by molar-refractivity contribution is 6.72. The molecule has 4 aliphatic rings. The molecule has 1 N–H and O–H groups in total. The maximum absolute atomic E-state index is 16.3. The van der Waals surface area contributed by atoms with Crippen LogP contribution in [0.4, 0.5) is 20.3 Å². The van der Waals surface area contributed by atoms with Crippen molar-refractivity contribution in [3.05, 3.63) is 95.1 Å². The van der Waals surface area contributed by atoms with Gasteiger partial charge in [-0.15, -0.1) is 0 Å². The standard InChI is InChI=1S/C36H40FN3O6Si/c1-23-33(47(2,3)37)31(19-32(42)39-21-26-9-5-4-8-25(26)18-28(39)22-41)46-36(23)29-10-6-7-11-30(29)40(34(36)43)20-24-12-14-27(15-13-24)38-16-17-45-35(38)44/h4-15,23,28,31,33,41H,16-22H2,1-3H3/t23-,28+,31+,33-,36+/m1/s1. The molecule has 9 nitrogen and oxygen atoms in total. The molecule has 4 heterocycles. The van der Waals surface area contributed by atoms with Gasteiger partial charge in [-0.2, -0.15) is 0 Å². The van der Waals surface area contributed by atoms with Gasteiger partial charge >= 0.3 is 6.09 Å². The van der Waals surface area contributed by atoms with Crippen molar-refractivity contribution in [1.82, 2.24) is 4.90 Å². The number of amides is 3. The average Bonchev–Trinajstić information content (AvgIpc) is 3.69. The zero-order chi connectivity index (χ0) is 33.1. The van der Waals surface area contributed by atoms with Gasteiger partial charge in [0.25, 0.3) is 5.91 Å². The summed E-state index contributed by atoms with van der Waals surface area (Å²) >= 11 is 0. The molecule has 47 heavy (non-hydrogen) atoms. The van der Waals surface area contributed by atoms with E-state index >= 15 is 4.11 Å². The van der Waals surface area contributed by atoms with E-state index in [1.807, 2.05) is 79.7 Å². The number of nitrogens with zero attached hydrogens (tertiary/aromatic N) is 3. The van der Waals surface area contributed by atoms with Gasteiger partial charge in [-0.25, -0.2) is 4.79 Å². The molecule has 7 rings (SSSR count). The summed E-state index contributed by atoms with van der Waals surface area (Å²) in [7, 11) is -3.47. The van der Waals surface area contributed by atoms with Crippen molar-refractivity contribution in [2.45, 2.75) is 69.2 Å². The monoisotopic (exact) mass is 657 g/mol. The Morgan fingerprint density at radius 1 is 1.02 bits per heavy atom.